The molecule has 0 spiro atoms. The second kappa shape index (κ2) is 9.40. The number of aromatic nitrogens is 1. The molecule has 0 saturated heterocycles. The van der Waals surface area contributed by atoms with Crippen LogP contribution in [0.4, 0.5) is 13.2 Å². The molecule has 1 atom stereocenters. The summed E-state index contributed by atoms with van der Waals surface area (Å²) in [6.45, 7) is 8.77. The van der Waals surface area contributed by atoms with Crippen LogP contribution in [0.15, 0.2) is 42.5 Å². The number of aldehydes is 1. The van der Waals surface area contributed by atoms with Crippen LogP contribution in [0.3, 0.4) is 0 Å². The molecular weight excluding hydrogens is 451 g/mol. The molecule has 0 fully saturated rings. The standard InChI is InChI=1S/C25H26F3NO5/c1-6-22(23(31)34-24(3,4)5)32-17-9-7-8-16(12-17)29-15(2)20(14-30)19-11-10-18(13-21(19)29)33-25(26,27)28/h7-14,22H,6H2,1-5H3. The molecule has 0 radical (unpaired) electrons. The maximum atomic E-state index is 12.8. The second-order valence-corrected chi connectivity index (χ2v) is 8.72. The minimum Gasteiger partial charge on any atom is -0.479 e. The van der Waals surface area contributed by atoms with Crippen molar-refractivity contribution in [2.75, 3.05) is 0 Å². The summed E-state index contributed by atoms with van der Waals surface area (Å²) >= 11 is 0. The zero-order valence-corrected chi connectivity index (χ0v) is 19.5. The van der Waals surface area contributed by atoms with E-state index in [-0.39, 0.29) is 0 Å². The fourth-order valence-corrected chi connectivity index (χ4v) is 3.62. The monoisotopic (exact) mass is 477 g/mol. The summed E-state index contributed by atoms with van der Waals surface area (Å²) in [5.41, 5.74) is 1.11. The Morgan fingerprint density at radius 2 is 1.79 bits per heavy atom. The van der Waals surface area contributed by atoms with Crippen molar-refractivity contribution in [2.45, 2.75) is 59.1 Å². The Hall–Kier alpha value is -3.49. The molecule has 0 N–H and O–H groups in total. The largest absolute Gasteiger partial charge is 0.573 e. The highest BCUT2D eigenvalue weighted by Crippen LogP contribution is 2.34. The van der Waals surface area contributed by atoms with Crippen molar-refractivity contribution in [3.05, 3.63) is 53.7 Å². The number of ether oxygens (including phenoxy) is 3. The molecule has 0 saturated carbocycles. The number of carbonyl (C=O) groups excluding carboxylic acids is 2. The van der Waals surface area contributed by atoms with E-state index in [1.54, 1.807) is 63.5 Å². The lowest BCUT2D eigenvalue weighted by atomic mass is 10.1. The van der Waals surface area contributed by atoms with Crippen molar-refractivity contribution >= 4 is 23.2 Å². The van der Waals surface area contributed by atoms with Gasteiger partial charge in [-0.2, -0.15) is 0 Å². The van der Waals surface area contributed by atoms with Crippen LogP contribution in [0.2, 0.25) is 0 Å². The Morgan fingerprint density at radius 1 is 1.09 bits per heavy atom. The van der Waals surface area contributed by atoms with Gasteiger partial charge in [0.05, 0.1) is 5.52 Å². The molecule has 0 bridgehead atoms. The first-order valence-corrected chi connectivity index (χ1v) is 10.7. The lowest BCUT2D eigenvalue weighted by molar-refractivity contribution is -0.274. The SMILES string of the molecule is CCC(Oc1cccc(-n2c(C)c(C=O)c3ccc(OC(F)(F)F)cc32)c1)C(=O)OC(C)(C)C. The molecule has 0 aliphatic heterocycles. The number of rotatable bonds is 7. The van der Waals surface area contributed by atoms with Gasteiger partial charge in [-0.15, -0.1) is 13.2 Å². The average Bonchev–Trinajstić information content (AvgIpc) is 3.00. The highest BCUT2D eigenvalue weighted by molar-refractivity contribution is 6.00. The summed E-state index contributed by atoms with van der Waals surface area (Å²) in [7, 11) is 0. The van der Waals surface area contributed by atoms with Crippen molar-refractivity contribution in [1.82, 2.24) is 4.57 Å². The summed E-state index contributed by atoms with van der Waals surface area (Å²) < 4.78 is 55.3. The number of hydrogen-bond donors (Lipinski definition) is 0. The molecule has 3 aromatic rings. The van der Waals surface area contributed by atoms with E-state index in [9.17, 15) is 22.8 Å². The summed E-state index contributed by atoms with van der Waals surface area (Å²) in [5, 5.41) is 0.480. The molecule has 6 nitrogen and oxygen atoms in total. The number of benzene rings is 2. The van der Waals surface area contributed by atoms with Gasteiger partial charge in [-0.3, -0.25) is 4.79 Å². The van der Waals surface area contributed by atoms with Crippen LogP contribution in [0.5, 0.6) is 11.5 Å². The number of carbonyl (C=O) groups is 2. The lowest BCUT2D eigenvalue weighted by Crippen LogP contribution is -2.34. The zero-order valence-electron chi connectivity index (χ0n) is 19.5. The summed E-state index contributed by atoms with van der Waals surface area (Å²) in [6.07, 6.45) is -4.65. The molecular formula is C25H26F3NO5. The number of alkyl halides is 3. The van der Waals surface area contributed by atoms with E-state index >= 15 is 0 Å². The van der Waals surface area contributed by atoms with E-state index in [0.717, 1.165) is 0 Å². The van der Waals surface area contributed by atoms with Crippen LogP contribution >= 0.6 is 0 Å². The molecule has 0 aliphatic rings. The number of halogens is 3. The molecule has 1 unspecified atom stereocenters. The fourth-order valence-electron chi connectivity index (χ4n) is 3.62. The third-order valence-electron chi connectivity index (χ3n) is 4.97. The van der Waals surface area contributed by atoms with Crippen LogP contribution in [-0.2, 0) is 9.53 Å². The van der Waals surface area contributed by atoms with Gasteiger partial charge in [0.2, 0.25) is 0 Å². The van der Waals surface area contributed by atoms with Crippen LogP contribution in [0.1, 0.15) is 50.2 Å². The highest BCUT2D eigenvalue weighted by Gasteiger charge is 2.31. The van der Waals surface area contributed by atoms with Crippen molar-refractivity contribution in [1.29, 1.82) is 0 Å². The molecule has 1 heterocycles. The predicted molar refractivity (Wildman–Crippen MR) is 121 cm³/mol. The molecule has 1 aromatic heterocycles. The number of esters is 1. The van der Waals surface area contributed by atoms with Gasteiger partial charge in [0.25, 0.3) is 0 Å². The van der Waals surface area contributed by atoms with Crippen LogP contribution in [0.25, 0.3) is 16.6 Å². The first-order chi connectivity index (χ1) is 15.8. The van der Waals surface area contributed by atoms with Gasteiger partial charge in [-0.1, -0.05) is 13.0 Å². The lowest BCUT2D eigenvalue weighted by Gasteiger charge is -2.24. The molecule has 0 amide bonds. The van der Waals surface area contributed by atoms with Crippen molar-refractivity contribution in [2.24, 2.45) is 0 Å². The fraction of sp³-hybridized carbons (Fsp3) is 0.360. The molecule has 34 heavy (non-hydrogen) atoms. The van der Waals surface area contributed by atoms with Gasteiger partial charge in [0, 0.05) is 34.5 Å². The quantitative estimate of drug-likeness (QED) is 0.302. The van der Waals surface area contributed by atoms with Crippen molar-refractivity contribution < 1.29 is 37.0 Å². The Morgan fingerprint density at radius 3 is 2.38 bits per heavy atom. The Bertz CT molecular complexity index is 1210. The van der Waals surface area contributed by atoms with E-state index in [1.807, 2.05) is 0 Å². The molecule has 182 valence electrons. The normalized spacial score (nSPS) is 12.9. The van der Waals surface area contributed by atoms with E-state index in [1.165, 1.54) is 18.2 Å². The van der Waals surface area contributed by atoms with Crippen molar-refractivity contribution in [3.8, 4) is 17.2 Å². The number of nitrogens with zero attached hydrogens (tertiary/aromatic N) is 1. The number of fused-ring (bicyclic) bond motifs is 1. The van der Waals surface area contributed by atoms with Crippen LogP contribution < -0.4 is 9.47 Å². The van der Waals surface area contributed by atoms with E-state index in [4.69, 9.17) is 9.47 Å². The third kappa shape index (κ3) is 5.70. The molecule has 9 heteroatoms. The van der Waals surface area contributed by atoms with Gasteiger partial charge >= 0.3 is 12.3 Å². The average molecular weight is 477 g/mol. The van der Waals surface area contributed by atoms with E-state index in [0.29, 0.717) is 46.3 Å². The van der Waals surface area contributed by atoms with Gasteiger partial charge in [0.15, 0.2) is 12.4 Å². The summed E-state index contributed by atoms with van der Waals surface area (Å²) in [6, 6.07) is 10.5. The first kappa shape index (κ1) is 25.1. The first-order valence-electron chi connectivity index (χ1n) is 10.7. The van der Waals surface area contributed by atoms with Gasteiger partial charge in [-0.05, 0) is 58.4 Å². The van der Waals surface area contributed by atoms with Crippen LogP contribution in [-0.4, -0.2) is 34.9 Å². The number of hydrogen-bond acceptors (Lipinski definition) is 5. The minimum absolute atomic E-state index is 0.347. The predicted octanol–water partition coefficient (Wildman–Crippen LogP) is 6.15. The van der Waals surface area contributed by atoms with Crippen LogP contribution in [0, 0.1) is 6.92 Å². The smallest absolute Gasteiger partial charge is 0.479 e. The summed E-state index contributed by atoms with van der Waals surface area (Å²) in [4.78, 5) is 24.2. The van der Waals surface area contributed by atoms with Crippen molar-refractivity contribution in [3.63, 3.8) is 0 Å². The zero-order chi connectivity index (χ0) is 25.3. The summed E-state index contributed by atoms with van der Waals surface area (Å²) in [5.74, 6) is -0.536. The van der Waals surface area contributed by atoms with Gasteiger partial charge in [0.1, 0.15) is 17.1 Å². The van der Waals surface area contributed by atoms with Gasteiger partial charge < -0.3 is 18.8 Å². The Kier molecular flexibility index (Phi) is 6.95. The third-order valence-corrected chi connectivity index (χ3v) is 4.97. The van der Waals surface area contributed by atoms with E-state index < -0.39 is 29.8 Å². The Balaban J connectivity index is 2.04. The second-order valence-electron chi connectivity index (χ2n) is 8.72. The molecule has 3 rings (SSSR count). The topological polar surface area (TPSA) is 66.8 Å². The maximum Gasteiger partial charge on any atom is 0.573 e. The maximum absolute atomic E-state index is 12.8. The highest BCUT2D eigenvalue weighted by atomic mass is 19.4. The molecule has 2 aromatic carbocycles. The Labute approximate surface area is 195 Å². The minimum atomic E-state index is -4.85. The van der Waals surface area contributed by atoms with E-state index in [2.05, 4.69) is 4.74 Å². The molecule has 0 aliphatic carbocycles. The van der Waals surface area contributed by atoms with Gasteiger partial charge in [-0.25, -0.2) is 4.79 Å².